The topological polar surface area (TPSA) is 92.9 Å². The van der Waals surface area contributed by atoms with Gasteiger partial charge in [0.15, 0.2) is 6.10 Å². The molecule has 6 heteroatoms. The Morgan fingerprint density at radius 1 is 1.58 bits per heavy atom. The van der Waals surface area contributed by atoms with Crippen LogP contribution < -0.4 is 15.4 Å². The molecule has 6 nitrogen and oxygen atoms in total. The van der Waals surface area contributed by atoms with Crippen molar-refractivity contribution in [3.05, 3.63) is 23.8 Å². The number of fused-ring (bicyclic) bond motifs is 1. The Balaban J connectivity index is 2.33. The molecule has 0 aliphatic carbocycles. The SMILES string of the molecule is CC1Oc2ccc(C(N)CC(=O)O)cc2N(C)C1=O. The van der Waals surface area contributed by atoms with E-state index in [9.17, 15) is 9.59 Å². The largest absolute Gasteiger partial charge is 0.481 e. The highest BCUT2D eigenvalue weighted by Gasteiger charge is 2.29. The maximum atomic E-state index is 11.8. The molecule has 1 aromatic carbocycles. The summed E-state index contributed by atoms with van der Waals surface area (Å²) >= 11 is 0. The predicted molar refractivity (Wildman–Crippen MR) is 69.1 cm³/mol. The van der Waals surface area contributed by atoms with Crippen LogP contribution in [-0.4, -0.2) is 30.1 Å². The minimum Gasteiger partial charge on any atom is -0.481 e. The number of nitrogens with two attached hydrogens (primary N) is 1. The third kappa shape index (κ3) is 2.53. The van der Waals surface area contributed by atoms with Gasteiger partial charge in [0, 0.05) is 13.1 Å². The summed E-state index contributed by atoms with van der Waals surface area (Å²) in [6.45, 7) is 1.69. The molecule has 3 N–H and O–H groups in total. The van der Waals surface area contributed by atoms with Crippen molar-refractivity contribution in [3.63, 3.8) is 0 Å². The van der Waals surface area contributed by atoms with Crippen LogP contribution >= 0.6 is 0 Å². The first-order valence-corrected chi connectivity index (χ1v) is 5.95. The molecule has 0 saturated heterocycles. The van der Waals surface area contributed by atoms with Gasteiger partial charge in [-0.3, -0.25) is 9.59 Å². The summed E-state index contributed by atoms with van der Waals surface area (Å²) in [5.41, 5.74) is 7.09. The van der Waals surface area contributed by atoms with Gasteiger partial charge in [-0.2, -0.15) is 0 Å². The van der Waals surface area contributed by atoms with Crippen LogP contribution in [0.1, 0.15) is 24.9 Å². The van der Waals surface area contributed by atoms with Crippen LogP contribution in [0.25, 0.3) is 0 Å². The number of amides is 1. The number of benzene rings is 1. The van der Waals surface area contributed by atoms with E-state index in [4.69, 9.17) is 15.6 Å². The molecule has 0 fully saturated rings. The molecule has 0 aromatic heterocycles. The van der Waals surface area contributed by atoms with Crippen molar-refractivity contribution in [3.8, 4) is 5.75 Å². The molecular weight excluding hydrogens is 248 g/mol. The lowest BCUT2D eigenvalue weighted by Crippen LogP contribution is -2.42. The van der Waals surface area contributed by atoms with Gasteiger partial charge in [-0.05, 0) is 24.6 Å². The molecular formula is C13H16N2O4. The Labute approximate surface area is 110 Å². The fraction of sp³-hybridized carbons (Fsp3) is 0.385. The molecule has 0 bridgehead atoms. The number of hydrogen-bond acceptors (Lipinski definition) is 4. The maximum absolute atomic E-state index is 11.8. The zero-order valence-corrected chi connectivity index (χ0v) is 10.8. The number of aliphatic carboxylic acids is 1. The first-order chi connectivity index (χ1) is 8.90. The average Bonchev–Trinajstić information content (AvgIpc) is 2.35. The van der Waals surface area contributed by atoms with E-state index < -0.39 is 18.1 Å². The number of carboxylic acid groups (broad SMARTS) is 1. The fourth-order valence-electron chi connectivity index (χ4n) is 2.07. The van der Waals surface area contributed by atoms with Gasteiger partial charge >= 0.3 is 5.97 Å². The lowest BCUT2D eigenvalue weighted by molar-refractivity contribution is -0.137. The van der Waals surface area contributed by atoms with Crippen LogP contribution in [0.3, 0.4) is 0 Å². The molecule has 1 aliphatic heterocycles. The van der Waals surface area contributed by atoms with E-state index in [2.05, 4.69) is 0 Å². The molecule has 2 atom stereocenters. The lowest BCUT2D eigenvalue weighted by Gasteiger charge is -2.31. The van der Waals surface area contributed by atoms with Crippen LogP contribution in [0.4, 0.5) is 5.69 Å². The molecule has 1 heterocycles. The first-order valence-electron chi connectivity index (χ1n) is 5.95. The van der Waals surface area contributed by atoms with Crippen molar-refractivity contribution in [2.75, 3.05) is 11.9 Å². The number of hydrogen-bond donors (Lipinski definition) is 2. The van der Waals surface area contributed by atoms with Gasteiger partial charge in [0.05, 0.1) is 12.1 Å². The molecule has 2 rings (SSSR count). The number of likely N-dealkylation sites (N-methyl/N-ethyl adjacent to an activating group) is 1. The average molecular weight is 264 g/mol. The highest BCUT2D eigenvalue weighted by molar-refractivity contribution is 5.99. The second-order valence-electron chi connectivity index (χ2n) is 4.59. The van der Waals surface area contributed by atoms with Gasteiger partial charge in [0.2, 0.25) is 0 Å². The molecule has 0 radical (unpaired) electrons. The summed E-state index contributed by atoms with van der Waals surface area (Å²) in [6, 6.07) is 4.53. The summed E-state index contributed by atoms with van der Waals surface area (Å²) in [5.74, 6) is -0.503. The Kier molecular flexibility index (Phi) is 3.44. The molecule has 19 heavy (non-hydrogen) atoms. The lowest BCUT2D eigenvalue weighted by atomic mass is 10.0. The van der Waals surface area contributed by atoms with Crippen molar-refractivity contribution in [2.45, 2.75) is 25.5 Å². The van der Waals surface area contributed by atoms with Crippen molar-refractivity contribution in [2.24, 2.45) is 5.73 Å². The van der Waals surface area contributed by atoms with Crippen LogP contribution in [0.5, 0.6) is 5.75 Å². The van der Waals surface area contributed by atoms with Crippen LogP contribution in [0.15, 0.2) is 18.2 Å². The van der Waals surface area contributed by atoms with Gasteiger partial charge < -0.3 is 20.5 Å². The maximum Gasteiger partial charge on any atom is 0.305 e. The highest BCUT2D eigenvalue weighted by Crippen LogP contribution is 2.35. The monoisotopic (exact) mass is 264 g/mol. The number of nitrogens with zero attached hydrogens (tertiary/aromatic N) is 1. The minimum absolute atomic E-state index is 0.142. The Morgan fingerprint density at radius 2 is 2.26 bits per heavy atom. The minimum atomic E-state index is -0.959. The number of anilines is 1. The van der Waals surface area contributed by atoms with Gasteiger partial charge in [-0.25, -0.2) is 0 Å². The quantitative estimate of drug-likeness (QED) is 0.846. The summed E-state index contributed by atoms with van der Waals surface area (Å²) in [7, 11) is 1.66. The number of ether oxygens (including phenoxy) is 1. The molecule has 102 valence electrons. The van der Waals surface area contributed by atoms with Crippen LogP contribution in [-0.2, 0) is 9.59 Å². The second-order valence-corrected chi connectivity index (χ2v) is 4.59. The first kappa shape index (κ1) is 13.4. The smallest absolute Gasteiger partial charge is 0.305 e. The summed E-state index contributed by atoms with van der Waals surface area (Å²) < 4.78 is 5.48. The van der Waals surface area contributed by atoms with Gasteiger partial charge in [-0.15, -0.1) is 0 Å². The van der Waals surface area contributed by atoms with Crippen LogP contribution in [0, 0.1) is 0 Å². The molecule has 0 saturated carbocycles. The fourth-order valence-corrected chi connectivity index (χ4v) is 2.07. The number of carboxylic acids is 1. The normalized spacial score (nSPS) is 19.6. The third-order valence-electron chi connectivity index (χ3n) is 3.15. The summed E-state index contributed by atoms with van der Waals surface area (Å²) in [6.07, 6.45) is -0.677. The Morgan fingerprint density at radius 3 is 2.89 bits per heavy atom. The summed E-state index contributed by atoms with van der Waals surface area (Å²) in [4.78, 5) is 24.0. The van der Waals surface area contributed by atoms with E-state index in [-0.39, 0.29) is 12.3 Å². The zero-order chi connectivity index (χ0) is 14.2. The van der Waals surface area contributed by atoms with Crippen LogP contribution in [0.2, 0.25) is 0 Å². The van der Waals surface area contributed by atoms with E-state index in [1.807, 2.05) is 0 Å². The second kappa shape index (κ2) is 4.89. The molecule has 0 spiro atoms. The van der Waals surface area contributed by atoms with Gasteiger partial charge in [-0.1, -0.05) is 6.07 Å². The van der Waals surface area contributed by atoms with Crippen molar-refractivity contribution in [1.82, 2.24) is 0 Å². The van der Waals surface area contributed by atoms with Crippen molar-refractivity contribution >= 4 is 17.6 Å². The number of carbonyl (C=O) groups is 2. The highest BCUT2D eigenvalue weighted by atomic mass is 16.5. The number of carbonyl (C=O) groups excluding carboxylic acids is 1. The molecule has 1 aliphatic rings. The Hall–Kier alpha value is -2.08. The van der Waals surface area contributed by atoms with E-state index in [1.54, 1.807) is 32.2 Å². The number of rotatable bonds is 3. The van der Waals surface area contributed by atoms with Gasteiger partial charge in [0.1, 0.15) is 5.75 Å². The zero-order valence-electron chi connectivity index (χ0n) is 10.8. The molecule has 2 unspecified atom stereocenters. The summed E-state index contributed by atoms with van der Waals surface area (Å²) in [5, 5.41) is 8.74. The van der Waals surface area contributed by atoms with Crippen molar-refractivity contribution in [1.29, 1.82) is 0 Å². The van der Waals surface area contributed by atoms with E-state index in [0.717, 1.165) is 0 Å². The van der Waals surface area contributed by atoms with Gasteiger partial charge in [0.25, 0.3) is 5.91 Å². The van der Waals surface area contributed by atoms with E-state index in [1.165, 1.54) is 4.90 Å². The molecule has 1 amide bonds. The predicted octanol–water partition coefficient (Wildman–Crippen LogP) is 0.905. The Bertz CT molecular complexity index is 529. The molecule has 1 aromatic rings. The van der Waals surface area contributed by atoms with E-state index >= 15 is 0 Å². The third-order valence-corrected chi connectivity index (χ3v) is 3.15. The van der Waals surface area contributed by atoms with Crippen molar-refractivity contribution < 1.29 is 19.4 Å². The van der Waals surface area contributed by atoms with E-state index in [0.29, 0.717) is 17.0 Å². The standard InChI is InChI=1S/C13H16N2O4/c1-7-13(18)15(2)10-5-8(3-4-11(10)19-7)9(14)6-12(16)17/h3-5,7,9H,6,14H2,1-2H3,(H,16,17).